The number of carbonyl (C=O) groups excluding carboxylic acids is 1. The molecule has 0 aliphatic heterocycles. The number of rotatable bonds is 5. The van der Waals surface area contributed by atoms with Gasteiger partial charge in [0.15, 0.2) is 0 Å². The Balaban J connectivity index is 1.79. The van der Waals surface area contributed by atoms with Gasteiger partial charge in [0, 0.05) is 30.8 Å². The summed E-state index contributed by atoms with van der Waals surface area (Å²) in [6.45, 7) is 0. The number of methoxy groups -OCH3 is 1. The number of aliphatic hydroxyl groups excluding tert-OH is 1. The van der Waals surface area contributed by atoms with Crippen LogP contribution in [-0.4, -0.2) is 40.0 Å². The summed E-state index contributed by atoms with van der Waals surface area (Å²) < 4.78 is 6.78. The Kier molecular flexibility index (Phi) is 4.60. The third kappa shape index (κ3) is 3.04. The van der Waals surface area contributed by atoms with Gasteiger partial charge in [-0.1, -0.05) is 12.1 Å². The van der Waals surface area contributed by atoms with Crippen LogP contribution in [0.25, 0.3) is 5.69 Å². The van der Waals surface area contributed by atoms with Gasteiger partial charge in [0.25, 0.3) is 0 Å². The molecule has 0 amide bonds. The molecule has 8 heteroatoms. The Morgan fingerprint density at radius 1 is 1.46 bits per heavy atom. The highest BCUT2D eigenvalue weighted by Gasteiger charge is 2.45. The van der Waals surface area contributed by atoms with Crippen LogP contribution in [0.4, 0.5) is 0 Å². The number of fused-ring (bicyclic) bond motifs is 1. The van der Waals surface area contributed by atoms with Crippen molar-refractivity contribution in [3.05, 3.63) is 58.7 Å². The normalized spacial score (nSPS) is 23.4. The molecule has 1 aromatic heterocycles. The summed E-state index contributed by atoms with van der Waals surface area (Å²) in [6.07, 6.45) is 5.06. The van der Waals surface area contributed by atoms with Crippen LogP contribution in [0.3, 0.4) is 0 Å². The molecule has 0 radical (unpaired) electrons. The van der Waals surface area contributed by atoms with Crippen molar-refractivity contribution in [2.45, 2.75) is 31.3 Å². The molecule has 1 heterocycles. The minimum absolute atomic E-state index is 0.0509. The molecule has 2 unspecified atom stereocenters. The highest BCUT2D eigenvalue weighted by Crippen LogP contribution is 2.52. The fraction of sp³-hybridized carbons (Fsp3) is 0.400. The molecule has 4 rings (SSSR count). The van der Waals surface area contributed by atoms with Crippen LogP contribution in [0.15, 0.2) is 36.3 Å². The molecule has 1 saturated carbocycles. The van der Waals surface area contributed by atoms with Crippen molar-refractivity contribution in [2.24, 2.45) is 17.5 Å². The molecule has 8 nitrogen and oxygen atoms in total. The first-order chi connectivity index (χ1) is 13.4. The lowest BCUT2D eigenvalue weighted by Gasteiger charge is -2.14. The Labute approximate surface area is 163 Å². The molecule has 2 aliphatic rings. The maximum atomic E-state index is 12.4. The van der Waals surface area contributed by atoms with E-state index in [1.165, 1.54) is 12.1 Å². The van der Waals surface area contributed by atoms with E-state index in [2.05, 4.69) is 5.10 Å². The van der Waals surface area contributed by atoms with E-state index >= 15 is 0 Å². The van der Waals surface area contributed by atoms with Crippen molar-refractivity contribution >= 4 is 5.97 Å². The summed E-state index contributed by atoms with van der Waals surface area (Å²) in [5.41, 5.74) is 11.0. The maximum absolute atomic E-state index is 12.4. The first kappa shape index (κ1) is 18.5. The Morgan fingerprint density at radius 3 is 2.96 bits per heavy atom. The van der Waals surface area contributed by atoms with Crippen molar-refractivity contribution in [2.75, 3.05) is 14.2 Å². The number of allylic oxidation sites excluding steroid dienone is 1. The molecule has 0 bridgehead atoms. The van der Waals surface area contributed by atoms with Gasteiger partial charge in [0.05, 0.1) is 30.8 Å². The third-order valence-corrected chi connectivity index (χ3v) is 5.58. The van der Waals surface area contributed by atoms with E-state index in [9.17, 15) is 9.90 Å². The monoisotopic (exact) mass is 383 g/mol. The number of aliphatic hydroxyl groups is 1. The van der Waals surface area contributed by atoms with E-state index in [4.69, 9.17) is 16.3 Å². The number of benzene rings is 1. The van der Waals surface area contributed by atoms with Crippen molar-refractivity contribution < 1.29 is 14.6 Å². The zero-order valence-electron chi connectivity index (χ0n) is 16.0. The second kappa shape index (κ2) is 6.96. The second-order valence-electron chi connectivity index (χ2n) is 7.49. The first-order valence-electron chi connectivity index (χ1n) is 9.33. The Morgan fingerprint density at radius 2 is 2.25 bits per heavy atom. The molecule has 148 valence electrons. The minimum atomic E-state index is -0.457. The number of ether oxygens (including phenoxy) is 1. The number of esters is 1. The van der Waals surface area contributed by atoms with E-state index in [0.717, 1.165) is 35.3 Å². The van der Waals surface area contributed by atoms with Gasteiger partial charge in [-0.15, -0.1) is 0 Å². The molecule has 5 N–H and O–H groups in total. The first-order valence-corrected chi connectivity index (χ1v) is 9.33. The van der Waals surface area contributed by atoms with Gasteiger partial charge in [0.1, 0.15) is 5.56 Å². The standard InChI is InChI=1S/C20H25N5O3/c1-24(22)10-16(21)13-8-14(13)19-15(20(27)28-2)9-23-25(19)17-5-3-4-12-11(17)6-7-18(12)26/h3-5,9-10,13-14,18,26H,6-8,21-22H2,1-2H3/b16-10-/t13?,14-,18?/m1/s1. The summed E-state index contributed by atoms with van der Waals surface area (Å²) >= 11 is 0. The lowest BCUT2D eigenvalue weighted by atomic mass is 10.1. The lowest BCUT2D eigenvalue weighted by molar-refractivity contribution is 0.0599. The van der Waals surface area contributed by atoms with Crippen LogP contribution >= 0.6 is 0 Å². The summed E-state index contributed by atoms with van der Waals surface area (Å²) in [5, 5.41) is 16.2. The van der Waals surface area contributed by atoms with Gasteiger partial charge in [0.2, 0.25) is 0 Å². The van der Waals surface area contributed by atoms with E-state index in [-0.39, 0.29) is 11.8 Å². The second-order valence-corrected chi connectivity index (χ2v) is 7.49. The molecule has 0 saturated heterocycles. The number of nitrogens with two attached hydrogens (primary N) is 2. The number of hydrogen-bond acceptors (Lipinski definition) is 7. The zero-order chi connectivity index (χ0) is 20.0. The molecule has 1 fully saturated rings. The molecule has 3 atom stereocenters. The summed E-state index contributed by atoms with van der Waals surface area (Å²) in [5.74, 6) is 5.40. The van der Waals surface area contributed by atoms with Crippen molar-refractivity contribution in [1.29, 1.82) is 0 Å². The predicted molar refractivity (Wildman–Crippen MR) is 103 cm³/mol. The van der Waals surface area contributed by atoms with Gasteiger partial charge in [-0.05, 0) is 36.5 Å². The summed E-state index contributed by atoms with van der Waals surface area (Å²) in [7, 11) is 3.08. The van der Waals surface area contributed by atoms with Gasteiger partial charge < -0.3 is 20.6 Å². The van der Waals surface area contributed by atoms with Crippen LogP contribution in [-0.2, 0) is 11.2 Å². The largest absolute Gasteiger partial charge is 0.465 e. The molecule has 2 aromatic rings. The number of hydrazine groups is 1. The van der Waals surface area contributed by atoms with Crippen LogP contribution in [0.2, 0.25) is 0 Å². The van der Waals surface area contributed by atoms with E-state index in [1.54, 1.807) is 19.4 Å². The number of nitrogens with zero attached hydrogens (tertiary/aromatic N) is 3. The van der Waals surface area contributed by atoms with Crippen LogP contribution < -0.4 is 11.6 Å². The Bertz CT molecular complexity index is 949. The molecule has 2 aliphatic carbocycles. The highest BCUT2D eigenvalue weighted by atomic mass is 16.5. The zero-order valence-corrected chi connectivity index (χ0v) is 16.0. The quantitative estimate of drug-likeness (QED) is 0.405. The van der Waals surface area contributed by atoms with Crippen LogP contribution in [0.1, 0.15) is 52.0 Å². The van der Waals surface area contributed by atoms with Crippen LogP contribution in [0, 0.1) is 5.92 Å². The number of hydrogen-bond donors (Lipinski definition) is 3. The molecule has 0 spiro atoms. The average molecular weight is 383 g/mol. The fourth-order valence-corrected chi connectivity index (χ4v) is 4.18. The molecular formula is C20H25N5O3. The van der Waals surface area contributed by atoms with Gasteiger partial charge in [-0.25, -0.2) is 15.3 Å². The lowest BCUT2D eigenvalue weighted by Crippen LogP contribution is -2.21. The van der Waals surface area contributed by atoms with Gasteiger partial charge in [-0.3, -0.25) is 0 Å². The van der Waals surface area contributed by atoms with Crippen LogP contribution in [0.5, 0.6) is 0 Å². The van der Waals surface area contributed by atoms with Gasteiger partial charge >= 0.3 is 5.97 Å². The summed E-state index contributed by atoms with van der Waals surface area (Å²) in [4.78, 5) is 12.4. The molecule has 28 heavy (non-hydrogen) atoms. The highest BCUT2D eigenvalue weighted by molar-refractivity contribution is 5.91. The van der Waals surface area contributed by atoms with E-state index < -0.39 is 12.1 Å². The number of carbonyl (C=O) groups is 1. The van der Waals surface area contributed by atoms with Gasteiger partial charge in [-0.2, -0.15) is 5.10 Å². The molecular weight excluding hydrogens is 358 g/mol. The summed E-state index contributed by atoms with van der Waals surface area (Å²) in [6, 6.07) is 5.82. The van der Waals surface area contributed by atoms with Crippen molar-refractivity contribution in [3.8, 4) is 5.69 Å². The fourth-order valence-electron chi connectivity index (χ4n) is 4.18. The SMILES string of the molecule is COC(=O)c1cnn(-c2cccc3c2CCC3O)c1[C@@H]1CC1/C(N)=C/N(C)N. The molecule has 1 aromatic carbocycles. The smallest absolute Gasteiger partial charge is 0.341 e. The Hall–Kier alpha value is -2.84. The van der Waals surface area contributed by atoms with Crippen molar-refractivity contribution in [3.63, 3.8) is 0 Å². The topological polar surface area (TPSA) is 120 Å². The minimum Gasteiger partial charge on any atom is -0.465 e. The van der Waals surface area contributed by atoms with E-state index in [0.29, 0.717) is 17.7 Å². The predicted octanol–water partition coefficient (Wildman–Crippen LogP) is 1.35. The van der Waals surface area contributed by atoms with E-state index in [1.807, 2.05) is 22.9 Å². The maximum Gasteiger partial charge on any atom is 0.341 e. The average Bonchev–Trinajstić information content (AvgIpc) is 3.20. The third-order valence-electron chi connectivity index (χ3n) is 5.58. The number of aromatic nitrogens is 2. The van der Waals surface area contributed by atoms with Crippen molar-refractivity contribution in [1.82, 2.24) is 14.8 Å².